The number of aryl methyl sites for hydroxylation is 1. The van der Waals surface area contributed by atoms with E-state index in [0.717, 1.165) is 11.3 Å². The average molecular weight is 311 g/mol. The van der Waals surface area contributed by atoms with Crippen LogP contribution in [-0.2, 0) is 10.0 Å². The highest BCUT2D eigenvalue weighted by molar-refractivity contribution is 7.88. The fourth-order valence-electron chi connectivity index (χ4n) is 2.48. The quantitative estimate of drug-likeness (QED) is 0.894. The lowest BCUT2D eigenvalue weighted by atomic mass is 10.1. The Morgan fingerprint density at radius 1 is 1.19 bits per heavy atom. The van der Waals surface area contributed by atoms with Crippen LogP contribution < -0.4 is 5.32 Å². The summed E-state index contributed by atoms with van der Waals surface area (Å²) in [7, 11) is -1.33. The van der Waals surface area contributed by atoms with Crippen molar-refractivity contribution in [2.24, 2.45) is 0 Å². The summed E-state index contributed by atoms with van der Waals surface area (Å²) < 4.78 is 24.3. The van der Waals surface area contributed by atoms with Crippen LogP contribution in [0.4, 0.5) is 5.69 Å². The minimum Gasteiger partial charge on any atom is -0.388 e. The maximum atomic E-state index is 12.4. The van der Waals surface area contributed by atoms with Crippen LogP contribution in [-0.4, -0.2) is 63.0 Å². The zero-order chi connectivity index (χ0) is 15.6. The van der Waals surface area contributed by atoms with E-state index in [-0.39, 0.29) is 5.91 Å². The summed E-state index contributed by atoms with van der Waals surface area (Å²) in [6.45, 7) is 3.53. The first-order valence-electron chi connectivity index (χ1n) is 6.85. The summed E-state index contributed by atoms with van der Waals surface area (Å²) in [5, 5.41) is 3.07. The minimum absolute atomic E-state index is 0.0473. The van der Waals surface area contributed by atoms with Gasteiger partial charge in [0.15, 0.2) is 0 Å². The number of amides is 1. The standard InChI is InChI=1S/C14H21N3O3S/c1-11-10-12(4-5-13(11)15-2)14(18)16-6-8-17(9-7-16)21(3,19)20/h4-5,10,15H,6-9H2,1-3H3. The van der Waals surface area contributed by atoms with Crippen molar-refractivity contribution < 1.29 is 13.2 Å². The zero-order valence-electron chi connectivity index (χ0n) is 12.6. The topological polar surface area (TPSA) is 69.7 Å². The smallest absolute Gasteiger partial charge is 0.253 e. The summed E-state index contributed by atoms with van der Waals surface area (Å²) >= 11 is 0. The van der Waals surface area contributed by atoms with E-state index in [1.54, 1.807) is 11.0 Å². The summed E-state index contributed by atoms with van der Waals surface area (Å²) in [4.78, 5) is 14.1. The van der Waals surface area contributed by atoms with Gasteiger partial charge in [-0.1, -0.05) is 0 Å². The maximum Gasteiger partial charge on any atom is 0.253 e. The van der Waals surface area contributed by atoms with E-state index >= 15 is 0 Å². The normalized spacial score (nSPS) is 16.8. The highest BCUT2D eigenvalue weighted by Crippen LogP contribution is 2.18. The number of sulfonamides is 1. The molecular formula is C14H21N3O3S. The second kappa shape index (κ2) is 6.03. The number of hydrogen-bond donors (Lipinski definition) is 1. The van der Waals surface area contributed by atoms with Gasteiger partial charge in [0, 0.05) is 44.5 Å². The number of carbonyl (C=O) groups is 1. The maximum absolute atomic E-state index is 12.4. The van der Waals surface area contributed by atoms with Gasteiger partial charge in [-0.05, 0) is 30.7 Å². The molecule has 6 nitrogen and oxygen atoms in total. The molecule has 1 aromatic carbocycles. The van der Waals surface area contributed by atoms with Gasteiger partial charge >= 0.3 is 0 Å². The Kier molecular flexibility index (Phi) is 4.53. The lowest BCUT2D eigenvalue weighted by Gasteiger charge is -2.33. The molecule has 1 saturated heterocycles. The van der Waals surface area contributed by atoms with E-state index in [2.05, 4.69) is 5.32 Å². The van der Waals surface area contributed by atoms with E-state index in [4.69, 9.17) is 0 Å². The Bertz CT molecular complexity index is 635. The largest absolute Gasteiger partial charge is 0.388 e. The first kappa shape index (κ1) is 15.8. The van der Waals surface area contributed by atoms with Crippen LogP contribution in [0.25, 0.3) is 0 Å². The van der Waals surface area contributed by atoms with Crippen LogP contribution in [0.1, 0.15) is 15.9 Å². The molecule has 1 fully saturated rings. The molecule has 1 aliphatic heterocycles. The van der Waals surface area contributed by atoms with Crippen LogP contribution in [0.5, 0.6) is 0 Å². The molecule has 116 valence electrons. The summed E-state index contributed by atoms with van der Waals surface area (Å²) in [6, 6.07) is 5.54. The van der Waals surface area contributed by atoms with Crippen molar-refractivity contribution in [1.82, 2.24) is 9.21 Å². The third kappa shape index (κ3) is 3.54. The van der Waals surface area contributed by atoms with Crippen molar-refractivity contribution in [1.29, 1.82) is 0 Å². The Morgan fingerprint density at radius 2 is 1.81 bits per heavy atom. The van der Waals surface area contributed by atoms with Crippen LogP contribution >= 0.6 is 0 Å². The van der Waals surface area contributed by atoms with Gasteiger partial charge < -0.3 is 10.2 Å². The molecule has 0 atom stereocenters. The average Bonchev–Trinajstić information content (AvgIpc) is 2.45. The van der Waals surface area contributed by atoms with Crippen molar-refractivity contribution in [3.05, 3.63) is 29.3 Å². The van der Waals surface area contributed by atoms with E-state index in [1.807, 2.05) is 26.1 Å². The van der Waals surface area contributed by atoms with Crippen LogP contribution in [0.2, 0.25) is 0 Å². The summed E-state index contributed by atoms with van der Waals surface area (Å²) in [5.74, 6) is -0.0473. The number of nitrogens with one attached hydrogen (secondary N) is 1. The number of anilines is 1. The lowest BCUT2D eigenvalue weighted by Crippen LogP contribution is -2.50. The second-order valence-electron chi connectivity index (χ2n) is 5.23. The predicted octanol–water partition coefficient (Wildman–Crippen LogP) is 0.754. The molecule has 0 radical (unpaired) electrons. The molecule has 0 unspecified atom stereocenters. The van der Waals surface area contributed by atoms with Gasteiger partial charge in [-0.3, -0.25) is 4.79 Å². The number of piperazine rings is 1. The van der Waals surface area contributed by atoms with Gasteiger partial charge in [0.25, 0.3) is 5.91 Å². The molecule has 7 heteroatoms. The minimum atomic E-state index is -3.17. The fraction of sp³-hybridized carbons (Fsp3) is 0.500. The zero-order valence-corrected chi connectivity index (χ0v) is 13.4. The van der Waals surface area contributed by atoms with Gasteiger partial charge in [0.1, 0.15) is 0 Å². The molecule has 21 heavy (non-hydrogen) atoms. The van der Waals surface area contributed by atoms with Gasteiger partial charge in [-0.2, -0.15) is 4.31 Å². The Morgan fingerprint density at radius 3 is 2.29 bits per heavy atom. The number of hydrogen-bond acceptors (Lipinski definition) is 4. The van der Waals surface area contributed by atoms with Crippen molar-refractivity contribution >= 4 is 21.6 Å². The monoisotopic (exact) mass is 311 g/mol. The molecular weight excluding hydrogens is 290 g/mol. The summed E-state index contributed by atoms with van der Waals surface area (Å²) in [6.07, 6.45) is 1.20. The van der Waals surface area contributed by atoms with Gasteiger partial charge in [-0.15, -0.1) is 0 Å². The highest BCUT2D eigenvalue weighted by Gasteiger charge is 2.26. The second-order valence-corrected chi connectivity index (χ2v) is 7.22. The Hall–Kier alpha value is -1.60. The number of rotatable bonds is 3. The van der Waals surface area contributed by atoms with Gasteiger partial charge in [0.2, 0.25) is 10.0 Å². The molecule has 1 aromatic rings. The van der Waals surface area contributed by atoms with Crippen molar-refractivity contribution in [3.63, 3.8) is 0 Å². The number of carbonyl (C=O) groups excluding carboxylic acids is 1. The van der Waals surface area contributed by atoms with E-state index in [1.165, 1.54) is 10.6 Å². The van der Waals surface area contributed by atoms with Gasteiger partial charge in [-0.25, -0.2) is 8.42 Å². The molecule has 0 aromatic heterocycles. The van der Waals surface area contributed by atoms with Crippen LogP contribution in [0.3, 0.4) is 0 Å². The molecule has 0 bridgehead atoms. The molecule has 1 N–H and O–H groups in total. The lowest BCUT2D eigenvalue weighted by molar-refractivity contribution is 0.0698. The molecule has 1 aliphatic rings. The molecule has 2 rings (SSSR count). The van der Waals surface area contributed by atoms with Crippen LogP contribution in [0, 0.1) is 6.92 Å². The van der Waals surface area contributed by atoms with Crippen molar-refractivity contribution in [3.8, 4) is 0 Å². The van der Waals surface area contributed by atoms with E-state index in [0.29, 0.717) is 31.7 Å². The molecule has 0 saturated carbocycles. The van der Waals surface area contributed by atoms with Crippen molar-refractivity contribution in [2.45, 2.75) is 6.92 Å². The van der Waals surface area contributed by atoms with E-state index < -0.39 is 10.0 Å². The van der Waals surface area contributed by atoms with Crippen LogP contribution in [0.15, 0.2) is 18.2 Å². The molecule has 1 amide bonds. The number of nitrogens with zero attached hydrogens (tertiary/aromatic N) is 2. The summed E-state index contributed by atoms with van der Waals surface area (Å²) in [5.41, 5.74) is 2.64. The SMILES string of the molecule is CNc1ccc(C(=O)N2CCN(S(C)(=O)=O)CC2)cc1C. The molecule has 0 aliphatic carbocycles. The number of benzene rings is 1. The third-order valence-corrected chi connectivity index (χ3v) is 5.04. The molecule has 0 spiro atoms. The Balaban J connectivity index is 2.07. The fourth-order valence-corrected chi connectivity index (χ4v) is 3.31. The Labute approximate surface area is 125 Å². The highest BCUT2D eigenvalue weighted by atomic mass is 32.2. The third-order valence-electron chi connectivity index (χ3n) is 3.74. The first-order chi connectivity index (χ1) is 9.82. The van der Waals surface area contributed by atoms with Gasteiger partial charge in [0.05, 0.1) is 6.26 Å². The predicted molar refractivity (Wildman–Crippen MR) is 83.0 cm³/mol. The van der Waals surface area contributed by atoms with E-state index in [9.17, 15) is 13.2 Å². The van der Waals surface area contributed by atoms with Crippen molar-refractivity contribution in [2.75, 3.05) is 44.8 Å². The first-order valence-corrected chi connectivity index (χ1v) is 8.70. The molecule has 1 heterocycles.